The van der Waals surface area contributed by atoms with Gasteiger partial charge < -0.3 is 4.74 Å². The van der Waals surface area contributed by atoms with Crippen LogP contribution in [0.4, 0.5) is 0 Å². The molecule has 0 radical (unpaired) electrons. The number of ether oxygens (including phenoxy) is 1. The number of carbonyl (C=O) groups is 1. The van der Waals surface area contributed by atoms with Gasteiger partial charge in [0.1, 0.15) is 11.2 Å². The van der Waals surface area contributed by atoms with Gasteiger partial charge in [0, 0.05) is 7.05 Å². The summed E-state index contributed by atoms with van der Waals surface area (Å²) in [5.41, 5.74) is 0.682. The Labute approximate surface area is 103 Å². The highest BCUT2D eigenvalue weighted by Gasteiger charge is 2.21. The molecular weight excluding hydrogens is 272 g/mol. The number of rotatable bonds is 2. The molecule has 0 N–H and O–H groups in total. The lowest BCUT2D eigenvalue weighted by molar-refractivity contribution is 0.00692. The molecule has 0 fully saturated rings. The van der Waals surface area contributed by atoms with Gasteiger partial charge in [0.15, 0.2) is 0 Å². The molecule has 0 unspecified atom stereocenters. The Kier molecular flexibility index (Phi) is 3.91. The summed E-state index contributed by atoms with van der Waals surface area (Å²) in [7, 11) is 1.77. The molecule has 16 heavy (non-hydrogen) atoms. The van der Waals surface area contributed by atoms with E-state index in [1.54, 1.807) is 22.8 Å². The molecule has 88 valence electrons. The van der Waals surface area contributed by atoms with E-state index >= 15 is 0 Å². The van der Waals surface area contributed by atoms with Crippen LogP contribution in [0.25, 0.3) is 6.08 Å². The third-order valence-corrected chi connectivity index (χ3v) is 2.09. The molecule has 0 saturated carbocycles. The first-order valence-electron chi connectivity index (χ1n) is 4.87. The molecule has 1 rings (SSSR count). The summed E-state index contributed by atoms with van der Waals surface area (Å²) in [5, 5.41) is 4.03. The maximum Gasteiger partial charge on any atom is 0.342 e. The molecule has 1 heterocycles. The lowest BCUT2D eigenvalue weighted by Crippen LogP contribution is -2.24. The van der Waals surface area contributed by atoms with E-state index < -0.39 is 5.60 Å². The fourth-order valence-corrected chi connectivity index (χ4v) is 1.45. The van der Waals surface area contributed by atoms with Crippen molar-refractivity contribution in [3.63, 3.8) is 0 Å². The third-order valence-electron chi connectivity index (χ3n) is 1.82. The average molecular weight is 287 g/mol. The highest BCUT2D eigenvalue weighted by molar-refractivity contribution is 9.11. The molecule has 0 atom stereocenters. The SMILES string of the molecule is Cn1ncc(C(=O)OC(C)(C)C)c1/C=C/Br. The van der Waals surface area contributed by atoms with E-state index in [-0.39, 0.29) is 5.97 Å². The second-order valence-corrected chi connectivity index (χ2v) is 4.89. The molecule has 0 saturated heterocycles. The van der Waals surface area contributed by atoms with Crippen molar-refractivity contribution in [1.82, 2.24) is 9.78 Å². The zero-order valence-corrected chi connectivity index (χ0v) is 11.4. The topological polar surface area (TPSA) is 44.1 Å². The van der Waals surface area contributed by atoms with Gasteiger partial charge in [-0.3, -0.25) is 4.68 Å². The van der Waals surface area contributed by atoms with E-state index in [0.29, 0.717) is 11.3 Å². The maximum atomic E-state index is 11.8. The van der Waals surface area contributed by atoms with Crippen molar-refractivity contribution in [2.45, 2.75) is 26.4 Å². The normalized spacial score (nSPS) is 12.1. The zero-order valence-electron chi connectivity index (χ0n) is 9.82. The molecule has 0 aliphatic carbocycles. The molecular formula is C11H15BrN2O2. The molecule has 0 amide bonds. The van der Waals surface area contributed by atoms with E-state index in [1.807, 2.05) is 20.8 Å². The van der Waals surface area contributed by atoms with E-state index in [0.717, 1.165) is 0 Å². The van der Waals surface area contributed by atoms with Crippen molar-refractivity contribution in [2.75, 3.05) is 0 Å². The first-order chi connectivity index (χ1) is 7.35. The van der Waals surface area contributed by atoms with Crippen LogP contribution in [0, 0.1) is 0 Å². The lowest BCUT2D eigenvalue weighted by atomic mass is 10.2. The smallest absolute Gasteiger partial charge is 0.342 e. The maximum absolute atomic E-state index is 11.8. The molecule has 0 aromatic carbocycles. The first-order valence-corrected chi connectivity index (χ1v) is 5.79. The van der Waals surface area contributed by atoms with Gasteiger partial charge in [-0.25, -0.2) is 4.79 Å². The van der Waals surface area contributed by atoms with Crippen LogP contribution in [0.15, 0.2) is 11.2 Å². The van der Waals surface area contributed by atoms with Crippen LogP contribution >= 0.6 is 15.9 Å². The Hall–Kier alpha value is -1.10. The monoisotopic (exact) mass is 286 g/mol. The predicted molar refractivity (Wildman–Crippen MR) is 66.3 cm³/mol. The summed E-state index contributed by atoms with van der Waals surface area (Å²) in [5.74, 6) is -0.360. The van der Waals surface area contributed by atoms with Crippen molar-refractivity contribution >= 4 is 28.0 Å². The van der Waals surface area contributed by atoms with Crippen LogP contribution in [0.2, 0.25) is 0 Å². The minimum absolute atomic E-state index is 0.360. The van der Waals surface area contributed by atoms with E-state index in [9.17, 15) is 4.79 Å². The van der Waals surface area contributed by atoms with Crippen molar-refractivity contribution in [1.29, 1.82) is 0 Å². The van der Waals surface area contributed by atoms with Crippen LogP contribution in [0.5, 0.6) is 0 Å². The highest BCUT2D eigenvalue weighted by Crippen LogP contribution is 2.16. The van der Waals surface area contributed by atoms with Crippen LogP contribution in [-0.4, -0.2) is 21.4 Å². The van der Waals surface area contributed by atoms with Gasteiger partial charge in [0.05, 0.1) is 11.9 Å². The molecule has 4 nitrogen and oxygen atoms in total. The van der Waals surface area contributed by atoms with Gasteiger partial charge in [-0.15, -0.1) is 0 Å². The summed E-state index contributed by atoms with van der Waals surface area (Å²) in [6.07, 6.45) is 3.27. The molecule has 0 bridgehead atoms. The molecule has 5 heteroatoms. The van der Waals surface area contributed by atoms with Crippen LogP contribution in [-0.2, 0) is 11.8 Å². The van der Waals surface area contributed by atoms with E-state index in [1.165, 1.54) is 6.20 Å². The Balaban J connectivity index is 3.00. The molecule has 0 aliphatic heterocycles. The minimum Gasteiger partial charge on any atom is -0.456 e. The van der Waals surface area contributed by atoms with Gasteiger partial charge in [-0.05, 0) is 31.8 Å². The van der Waals surface area contributed by atoms with Crippen LogP contribution in [0.1, 0.15) is 36.8 Å². The third kappa shape index (κ3) is 3.20. The van der Waals surface area contributed by atoms with Crippen LogP contribution < -0.4 is 0 Å². The number of hydrogen-bond donors (Lipinski definition) is 0. The molecule has 0 spiro atoms. The van der Waals surface area contributed by atoms with E-state index in [4.69, 9.17) is 4.74 Å². The Morgan fingerprint density at radius 1 is 1.56 bits per heavy atom. The van der Waals surface area contributed by atoms with Gasteiger partial charge in [0.2, 0.25) is 0 Å². The molecule has 1 aromatic rings. The minimum atomic E-state index is -0.498. The standard InChI is InChI=1S/C11H15BrN2O2/c1-11(2,3)16-10(15)8-7-13-14(4)9(8)5-6-12/h5-7H,1-4H3/b6-5+. The largest absolute Gasteiger partial charge is 0.456 e. The number of aryl methyl sites for hydroxylation is 1. The summed E-state index contributed by atoms with van der Waals surface area (Å²) in [4.78, 5) is 13.5. The fourth-order valence-electron chi connectivity index (χ4n) is 1.19. The van der Waals surface area contributed by atoms with Crippen LogP contribution in [0.3, 0.4) is 0 Å². The number of esters is 1. The Morgan fingerprint density at radius 2 is 2.19 bits per heavy atom. The lowest BCUT2D eigenvalue weighted by Gasteiger charge is -2.19. The van der Waals surface area contributed by atoms with Crippen molar-refractivity contribution in [2.24, 2.45) is 7.05 Å². The summed E-state index contributed by atoms with van der Waals surface area (Å²) in [6.45, 7) is 5.50. The second-order valence-electron chi connectivity index (χ2n) is 4.36. The Bertz CT molecular complexity index is 416. The number of halogens is 1. The first kappa shape index (κ1) is 13.0. The number of carbonyl (C=O) groups excluding carboxylic acids is 1. The average Bonchev–Trinajstić information content (AvgIpc) is 2.46. The van der Waals surface area contributed by atoms with Crippen molar-refractivity contribution in [3.05, 3.63) is 22.4 Å². The molecule has 1 aromatic heterocycles. The molecule has 0 aliphatic rings. The number of aromatic nitrogens is 2. The zero-order chi connectivity index (χ0) is 12.3. The second kappa shape index (κ2) is 4.82. The van der Waals surface area contributed by atoms with Gasteiger partial charge >= 0.3 is 5.97 Å². The summed E-state index contributed by atoms with van der Waals surface area (Å²) >= 11 is 3.18. The van der Waals surface area contributed by atoms with Gasteiger partial charge in [-0.1, -0.05) is 15.9 Å². The predicted octanol–water partition coefficient (Wildman–Crippen LogP) is 2.74. The fraction of sp³-hybridized carbons (Fsp3) is 0.455. The van der Waals surface area contributed by atoms with Crippen molar-refractivity contribution < 1.29 is 9.53 Å². The summed E-state index contributed by atoms with van der Waals surface area (Å²) < 4.78 is 6.90. The quantitative estimate of drug-likeness (QED) is 0.786. The Morgan fingerprint density at radius 3 is 2.69 bits per heavy atom. The number of nitrogens with zero attached hydrogens (tertiary/aromatic N) is 2. The van der Waals surface area contributed by atoms with E-state index in [2.05, 4.69) is 21.0 Å². The van der Waals surface area contributed by atoms with Gasteiger partial charge in [-0.2, -0.15) is 5.10 Å². The van der Waals surface area contributed by atoms with Crippen molar-refractivity contribution in [3.8, 4) is 0 Å². The highest BCUT2D eigenvalue weighted by atomic mass is 79.9. The van der Waals surface area contributed by atoms with Gasteiger partial charge in [0.25, 0.3) is 0 Å². The number of hydrogen-bond acceptors (Lipinski definition) is 3. The summed E-state index contributed by atoms with van der Waals surface area (Å²) in [6, 6.07) is 0.